The monoisotopic (exact) mass is 332 g/mol. The second-order valence-corrected chi connectivity index (χ2v) is 5.61. The lowest BCUT2D eigenvalue weighted by molar-refractivity contribution is -0.120. The highest BCUT2D eigenvalue weighted by Crippen LogP contribution is 2.22. The maximum absolute atomic E-state index is 11.7. The summed E-state index contributed by atoms with van der Waals surface area (Å²) < 4.78 is 1.01. The fourth-order valence-electron chi connectivity index (χ4n) is 2.11. The van der Waals surface area contributed by atoms with Crippen LogP contribution < -0.4 is 11.1 Å². The molecule has 2 aromatic carbocycles. The van der Waals surface area contributed by atoms with Crippen molar-refractivity contribution in [3.63, 3.8) is 0 Å². The number of primary amides is 1. The van der Waals surface area contributed by atoms with Crippen molar-refractivity contribution >= 4 is 21.8 Å². The summed E-state index contributed by atoms with van der Waals surface area (Å²) in [5.74, 6) is -0.377. The first-order chi connectivity index (χ1) is 9.58. The minimum absolute atomic E-state index is 0.0187. The number of halogens is 1. The minimum atomic E-state index is -0.495. The highest BCUT2D eigenvalue weighted by atomic mass is 79.9. The van der Waals surface area contributed by atoms with Gasteiger partial charge in [-0.2, -0.15) is 0 Å². The molecule has 0 saturated carbocycles. The lowest BCUT2D eigenvalue weighted by atomic mass is 10.0. The fraction of sp³-hybridized carbons (Fsp3) is 0.188. The molecule has 0 unspecified atom stereocenters. The summed E-state index contributed by atoms with van der Waals surface area (Å²) in [7, 11) is 0. The Hall–Kier alpha value is -1.65. The molecule has 0 saturated heterocycles. The van der Waals surface area contributed by atoms with E-state index < -0.39 is 6.04 Å². The first kappa shape index (κ1) is 14.8. The molecule has 104 valence electrons. The molecule has 0 radical (unpaired) electrons. The molecule has 20 heavy (non-hydrogen) atoms. The molecule has 2 atom stereocenters. The molecule has 4 heteroatoms. The van der Waals surface area contributed by atoms with Crippen molar-refractivity contribution in [3.05, 3.63) is 70.2 Å². The Morgan fingerprint density at radius 2 is 1.75 bits per heavy atom. The van der Waals surface area contributed by atoms with E-state index in [0.29, 0.717) is 0 Å². The Labute approximate surface area is 127 Å². The molecule has 1 amide bonds. The lowest BCUT2D eigenvalue weighted by Gasteiger charge is -2.21. The number of amides is 1. The van der Waals surface area contributed by atoms with Crippen molar-refractivity contribution in [2.45, 2.75) is 19.0 Å². The summed E-state index contributed by atoms with van der Waals surface area (Å²) in [5.41, 5.74) is 7.49. The molecule has 0 aromatic heterocycles. The van der Waals surface area contributed by atoms with Crippen molar-refractivity contribution in [1.29, 1.82) is 0 Å². The quantitative estimate of drug-likeness (QED) is 0.882. The van der Waals surface area contributed by atoms with E-state index in [1.165, 1.54) is 0 Å². The van der Waals surface area contributed by atoms with E-state index in [-0.39, 0.29) is 11.9 Å². The first-order valence-electron chi connectivity index (χ1n) is 6.43. The number of nitrogens with one attached hydrogen (secondary N) is 1. The van der Waals surface area contributed by atoms with E-state index in [4.69, 9.17) is 5.73 Å². The highest BCUT2D eigenvalue weighted by molar-refractivity contribution is 9.10. The molecule has 0 aliphatic rings. The average molecular weight is 333 g/mol. The molecule has 0 aliphatic carbocycles. The molecule has 2 aromatic rings. The molecule has 0 heterocycles. The lowest BCUT2D eigenvalue weighted by Crippen LogP contribution is -2.35. The smallest absolute Gasteiger partial charge is 0.239 e. The normalized spacial score (nSPS) is 13.7. The SMILES string of the molecule is C[C@H](N[C@@H](C(N)=O)c1ccccc1)c1cccc(Br)c1. The maximum Gasteiger partial charge on any atom is 0.239 e. The zero-order valence-electron chi connectivity index (χ0n) is 11.2. The van der Waals surface area contributed by atoms with Gasteiger partial charge in [-0.1, -0.05) is 58.4 Å². The Morgan fingerprint density at radius 1 is 1.10 bits per heavy atom. The van der Waals surface area contributed by atoms with Crippen LogP contribution in [0.25, 0.3) is 0 Å². The van der Waals surface area contributed by atoms with Gasteiger partial charge in [0, 0.05) is 10.5 Å². The summed E-state index contributed by atoms with van der Waals surface area (Å²) in [5, 5.41) is 3.28. The number of hydrogen-bond donors (Lipinski definition) is 2. The van der Waals surface area contributed by atoms with Crippen LogP contribution in [0.5, 0.6) is 0 Å². The van der Waals surface area contributed by atoms with E-state index in [1.807, 2.05) is 61.5 Å². The van der Waals surface area contributed by atoms with Crippen LogP contribution in [0.4, 0.5) is 0 Å². The molecule has 0 fully saturated rings. The Bertz CT molecular complexity index is 586. The van der Waals surface area contributed by atoms with E-state index >= 15 is 0 Å². The summed E-state index contributed by atoms with van der Waals surface area (Å²) in [6.45, 7) is 2.01. The number of nitrogens with two attached hydrogens (primary N) is 1. The van der Waals surface area contributed by atoms with E-state index in [0.717, 1.165) is 15.6 Å². The summed E-state index contributed by atoms with van der Waals surface area (Å²) in [6.07, 6.45) is 0. The number of rotatable bonds is 5. The van der Waals surface area contributed by atoms with Crippen LogP contribution in [0.15, 0.2) is 59.1 Å². The van der Waals surface area contributed by atoms with Gasteiger partial charge in [0.05, 0.1) is 0 Å². The molecule has 2 rings (SSSR count). The first-order valence-corrected chi connectivity index (χ1v) is 7.23. The average Bonchev–Trinajstić information content (AvgIpc) is 2.45. The van der Waals surface area contributed by atoms with Gasteiger partial charge in [0.1, 0.15) is 6.04 Å². The van der Waals surface area contributed by atoms with Gasteiger partial charge in [-0.15, -0.1) is 0 Å². The van der Waals surface area contributed by atoms with Crippen molar-refractivity contribution in [1.82, 2.24) is 5.32 Å². The standard InChI is InChI=1S/C16H17BrN2O/c1-11(13-8-5-9-14(17)10-13)19-15(16(18)20)12-6-3-2-4-7-12/h2-11,15,19H,1H3,(H2,18,20)/t11-,15+/m0/s1. The predicted octanol–water partition coefficient (Wildman–Crippen LogP) is 3.33. The van der Waals surface area contributed by atoms with Gasteiger partial charge in [-0.3, -0.25) is 10.1 Å². The number of carbonyl (C=O) groups excluding carboxylic acids is 1. The van der Waals surface area contributed by atoms with Crippen LogP contribution >= 0.6 is 15.9 Å². The van der Waals surface area contributed by atoms with Gasteiger partial charge in [0.15, 0.2) is 0 Å². The molecule has 0 spiro atoms. The molecular formula is C16H17BrN2O. The van der Waals surface area contributed by atoms with Crippen LogP contribution in [0.3, 0.4) is 0 Å². The summed E-state index contributed by atoms with van der Waals surface area (Å²) in [6, 6.07) is 17.0. The number of benzene rings is 2. The maximum atomic E-state index is 11.7. The van der Waals surface area contributed by atoms with E-state index in [2.05, 4.69) is 21.2 Å². The molecular weight excluding hydrogens is 316 g/mol. The molecule has 0 aliphatic heterocycles. The molecule has 0 bridgehead atoms. The number of hydrogen-bond acceptors (Lipinski definition) is 2. The molecule has 3 N–H and O–H groups in total. The third-order valence-corrected chi connectivity index (χ3v) is 3.68. The Kier molecular flexibility index (Phi) is 4.93. The van der Waals surface area contributed by atoms with Crippen LogP contribution in [-0.2, 0) is 4.79 Å². The third-order valence-electron chi connectivity index (χ3n) is 3.18. The van der Waals surface area contributed by atoms with Gasteiger partial charge in [-0.05, 0) is 30.2 Å². The Balaban J connectivity index is 2.19. The second kappa shape index (κ2) is 6.68. The molecule has 3 nitrogen and oxygen atoms in total. The van der Waals surface area contributed by atoms with Gasteiger partial charge in [0.2, 0.25) is 5.91 Å². The minimum Gasteiger partial charge on any atom is -0.368 e. The van der Waals surface area contributed by atoms with Crippen molar-refractivity contribution in [2.75, 3.05) is 0 Å². The number of carbonyl (C=O) groups is 1. The summed E-state index contributed by atoms with van der Waals surface area (Å²) in [4.78, 5) is 11.7. The zero-order chi connectivity index (χ0) is 14.5. The van der Waals surface area contributed by atoms with Crippen molar-refractivity contribution < 1.29 is 4.79 Å². The predicted molar refractivity (Wildman–Crippen MR) is 84.1 cm³/mol. The van der Waals surface area contributed by atoms with Gasteiger partial charge < -0.3 is 5.73 Å². The van der Waals surface area contributed by atoms with Gasteiger partial charge in [0.25, 0.3) is 0 Å². The van der Waals surface area contributed by atoms with E-state index in [1.54, 1.807) is 0 Å². The van der Waals surface area contributed by atoms with Gasteiger partial charge in [-0.25, -0.2) is 0 Å². The van der Waals surface area contributed by atoms with Crippen LogP contribution in [0.1, 0.15) is 30.1 Å². The van der Waals surface area contributed by atoms with Crippen molar-refractivity contribution in [2.24, 2.45) is 5.73 Å². The third kappa shape index (κ3) is 3.68. The largest absolute Gasteiger partial charge is 0.368 e. The topological polar surface area (TPSA) is 55.1 Å². The summed E-state index contributed by atoms with van der Waals surface area (Å²) >= 11 is 3.45. The van der Waals surface area contributed by atoms with Crippen LogP contribution in [0, 0.1) is 0 Å². The highest BCUT2D eigenvalue weighted by Gasteiger charge is 2.20. The van der Waals surface area contributed by atoms with Crippen molar-refractivity contribution in [3.8, 4) is 0 Å². The zero-order valence-corrected chi connectivity index (χ0v) is 12.8. The van der Waals surface area contributed by atoms with Crippen LogP contribution in [0.2, 0.25) is 0 Å². The van der Waals surface area contributed by atoms with E-state index in [9.17, 15) is 4.79 Å². The Morgan fingerprint density at radius 3 is 2.35 bits per heavy atom. The van der Waals surface area contributed by atoms with Crippen LogP contribution in [-0.4, -0.2) is 5.91 Å². The fourth-order valence-corrected chi connectivity index (χ4v) is 2.53. The van der Waals surface area contributed by atoms with Gasteiger partial charge >= 0.3 is 0 Å². The second-order valence-electron chi connectivity index (χ2n) is 4.69.